The number of piperidine rings is 1. The first-order valence-electron chi connectivity index (χ1n) is 5.12. The van der Waals surface area contributed by atoms with Gasteiger partial charge in [0, 0.05) is 0 Å². The summed E-state index contributed by atoms with van der Waals surface area (Å²) in [6.07, 6.45) is 3.51. The van der Waals surface area contributed by atoms with Crippen LogP contribution >= 0.6 is 0 Å². The second-order valence-corrected chi connectivity index (χ2v) is 3.80. The molecule has 1 aromatic heterocycles. The first-order chi connectivity index (χ1) is 6.79. The molecule has 1 fully saturated rings. The van der Waals surface area contributed by atoms with E-state index in [-0.39, 0.29) is 12.0 Å². The van der Waals surface area contributed by atoms with E-state index in [0.717, 1.165) is 18.9 Å². The van der Waals surface area contributed by atoms with E-state index in [1.54, 1.807) is 0 Å². The van der Waals surface area contributed by atoms with Crippen LogP contribution in [0.1, 0.15) is 38.1 Å². The van der Waals surface area contributed by atoms with Gasteiger partial charge in [-0.25, -0.2) is 0 Å². The van der Waals surface area contributed by atoms with Gasteiger partial charge in [0.2, 0.25) is 5.89 Å². The van der Waals surface area contributed by atoms with E-state index in [1.165, 1.54) is 12.8 Å². The van der Waals surface area contributed by atoms with Crippen LogP contribution in [0.2, 0.25) is 0 Å². The zero-order chi connectivity index (χ0) is 9.97. The third-order valence-corrected chi connectivity index (χ3v) is 2.85. The van der Waals surface area contributed by atoms with Gasteiger partial charge in [-0.2, -0.15) is 4.98 Å². The van der Waals surface area contributed by atoms with E-state index in [2.05, 4.69) is 22.4 Å². The van der Waals surface area contributed by atoms with Crippen molar-refractivity contribution in [1.29, 1.82) is 0 Å². The molecule has 0 aliphatic carbocycles. The van der Waals surface area contributed by atoms with E-state index in [1.807, 2.05) is 0 Å². The molecule has 1 aromatic rings. The van der Waals surface area contributed by atoms with Gasteiger partial charge in [0.05, 0.1) is 6.04 Å². The highest BCUT2D eigenvalue weighted by molar-refractivity contribution is 5.12. The number of nitrogen functional groups attached to an aromatic ring is 1. The molecule has 1 aliphatic rings. The molecule has 3 N–H and O–H groups in total. The minimum atomic E-state index is 0.193. The molecular formula is C9H16N4O. The predicted octanol–water partition coefficient (Wildman–Crippen LogP) is 1.10. The van der Waals surface area contributed by atoms with E-state index >= 15 is 0 Å². The third kappa shape index (κ3) is 1.87. The van der Waals surface area contributed by atoms with E-state index in [0.29, 0.717) is 5.89 Å². The number of anilines is 1. The maximum atomic E-state index is 5.41. The van der Waals surface area contributed by atoms with Gasteiger partial charge in [0.25, 0.3) is 5.95 Å². The molecule has 5 nitrogen and oxygen atoms in total. The maximum absolute atomic E-state index is 5.41. The van der Waals surface area contributed by atoms with Gasteiger partial charge in [0.1, 0.15) is 0 Å². The summed E-state index contributed by atoms with van der Waals surface area (Å²) in [6.45, 7) is 3.24. The molecule has 2 rings (SSSR count). The molecule has 1 aliphatic heterocycles. The number of hydrogen-bond acceptors (Lipinski definition) is 5. The van der Waals surface area contributed by atoms with Crippen LogP contribution in [0.4, 0.5) is 5.95 Å². The first kappa shape index (κ1) is 9.45. The second-order valence-electron chi connectivity index (χ2n) is 3.80. The number of hydrogen-bond donors (Lipinski definition) is 2. The Hall–Kier alpha value is -1.10. The fraction of sp³-hybridized carbons (Fsp3) is 0.778. The molecular weight excluding hydrogens is 180 g/mol. The quantitative estimate of drug-likeness (QED) is 0.740. The summed E-state index contributed by atoms with van der Waals surface area (Å²) < 4.78 is 5.05. The van der Waals surface area contributed by atoms with Crippen LogP contribution in [0.15, 0.2) is 4.52 Å². The number of rotatable bonds is 2. The summed E-state index contributed by atoms with van der Waals surface area (Å²) in [6, 6.07) is 0.193. The Kier molecular flexibility index (Phi) is 2.67. The van der Waals surface area contributed by atoms with Crippen molar-refractivity contribution < 1.29 is 4.52 Å². The Morgan fingerprint density at radius 3 is 3.14 bits per heavy atom. The molecule has 0 amide bonds. The van der Waals surface area contributed by atoms with Crippen molar-refractivity contribution in [3.8, 4) is 0 Å². The molecule has 78 valence electrons. The number of nitrogens with zero attached hydrogens (tertiary/aromatic N) is 2. The minimum absolute atomic E-state index is 0.193. The summed E-state index contributed by atoms with van der Waals surface area (Å²) in [4.78, 5) is 4.04. The van der Waals surface area contributed by atoms with Gasteiger partial charge in [-0.05, 0) is 30.5 Å². The Morgan fingerprint density at radius 1 is 1.64 bits per heavy atom. The highest BCUT2D eigenvalue weighted by Gasteiger charge is 2.25. The van der Waals surface area contributed by atoms with Crippen molar-refractivity contribution in [2.75, 3.05) is 12.3 Å². The molecule has 14 heavy (non-hydrogen) atoms. The Balaban J connectivity index is 2.04. The lowest BCUT2D eigenvalue weighted by atomic mass is 9.90. The molecule has 0 aromatic carbocycles. The fourth-order valence-electron chi connectivity index (χ4n) is 1.94. The fourth-order valence-corrected chi connectivity index (χ4v) is 1.94. The number of nitrogens with one attached hydrogen (secondary N) is 1. The topological polar surface area (TPSA) is 77.0 Å². The van der Waals surface area contributed by atoms with Crippen LogP contribution in [-0.2, 0) is 0 Å². The highest BCUT2D eigenvalue weighted by atomic mass is 16.5. The molecule has 2 atom stereocenters. The molecule has 0 radical (unpaired) electrons. The van der Waals surface area contributed by atoms with Crippen LogP contribution in [-0.4, -0.2) is 16.7 Å². The van der Waals surface area contributed by atoms with Gasteiger partial charge in [-0.1, -0.05) is 13.3 Å². The van der Waals surface area contributed by atoms with E-state index < -0.39 is 0 Å². The monoisotopic (exact) mass is 196 g/mol. The largest absolute Gasteiger partial charge is 0.365 e. The van der Waals surface area contributed by atoms with Crippen LogP contribution in [0.3, 0.4) is 0 Å². The molecule has 0 bridgehead atoms. The SMILES string of the molecule is CCC1CCNC(c2nc(N)no2)C1. The predicted molar refractivity (Wildman–Crippen MR) is 52.5 cm³/mol. The third-order valence-electron chi connectivity index (χ3n) is 2.85. The van der Waals surface area contributed by atoms with Crippen molar-refractivity contribution >= 4 is 5.95 Å². The molecule has 2 heterocycles. The summed E-state index contributed by atoms with van der Waals surface area (Å²) in [7, 11) is 0. The molecule has 1 saturated heterocycles. The summed E-state index contributed by atoms with van der Waals surface area (Å²) in [5.74, 6) is 1.61. The van der Waals surface area contributed by atoms with Gasteiger partial charge >= 0.3 is 0 Å². The normalized spacial score (nSPS) is 27.8. The van der Waals surface area contributed by atoms with Crippen molar-refractivity contribution in [2.24, 2.45) is 5.92 Å². The van der Waals surface area contributed by atoms with Crippen LogP contribution in [0.25, 0.3) is 0 Å². The average molecular weight is 196 g/mol. The molecule has 0 spiro atoms. The Morgan fingerprint density at radius 2 is 2.50 bits per heavy atom. The molecule has 2 unspecified atom stereocenters. The first-order valence-corrected chi connectivity index (χ1v) is 5.12. The highest BCUT2D eigenvalue weighted by Crippen LogP contribution is 2.28. The summed E-state index contributed by atoms with van der Waals surface area (Å²) in [5.41, 5.74) is 5.41. The van der Waals surface area contributed by atoms with Gasteiger partial charge in [0.15, 0.2) is 0 Å². The van der Waals surface area contributed by atoms with Crippen LogP contribution < -0.4 is 11.1 Å². The van der Waals surface area contributed by atoms with Crippen LogP contribution in [0.5, 0.6) is 0 Å². The van der Waals surface area contributed by atoms with Crippen molar-refractivity contribution in [1.82, 2.24) is 15.5 Å². The lowest BCUT2D eigenvalue weighted by molar-refractivity contribution is 0.246. The summed E-state index contributed by atoms with van der Waals surface area (Å²) in [5, 5.41) is 6.96. The lowest BCUT2D eigenvalue weighted by Crippen LogP contribution is -2.31. The van der Waals surface area contributed by atoms with E-state index in [4.69, 9.17) is 10.3 Å². The molecule has 0 saturated carbocycles. The minimum Gasteiger partial charge on any atom is -0.365 e. The second kappa shape index (κ2) is 3.96. The van der Waals surface area contributed by atoms with Gasteiger partial charge < -0.3 is 15.6 Å². The van der Waals surface area contributed by atoms with Gasteiger partial charge in [-0.15, -0.1) is 0 Å². The Labute approximate surface area is 83.1 Å². The van der Waals surface area contributed by atoms with Crippen molar-refractivity contribution in [3.05, 3.63) is 5.89 Å². The number of nitrogens with two attached hydrogens (primary N) is 1. The van der Waals surface area contributed by atoms with Crippen LogP contribution in [0, 0.1) is 5.92 Å². The van der Waals surface area contributed by atoms with Crippen molar-refractivity contribution in [3.63, 3.8) is 0 Å². The lowest BCUT2D eigenvalue weighted by Gasteiger charge is -2.27. The number of aromatic nitrogens is 2. The average Bonchev–Trinajstić information content (AvgIpc) is 2.65. The van der Waals surface area contributed by atoms with Gasteiger partial charge in [-0.3, -0.25) is 0 Å². The van der Waals surface area contributed by atoms with E-state index in [9.17, 15) is 0 Å². The smallest absolute Gasteiger partial charge is 0.260 e. The zero-order valence-corrected chi connectivity index (χ0v) is 8.36. The molecule has 5 heteroatoms. The van der Waals surface area contributed by atoms with Crippen molar-refractivity contribution in [2.45, 2.75) is 32.2 Å². The maximum Gasteiger partial charge on any atom is 0.260 e. The Bertz CT molecular complexity index is 299. The summed E-state index contributed by atoms with van der Waals surface area (Å²) >= 11 is 0. The standard InChI is InChI=1S/C9H16N4O/c1-2-6-3-4-11-7(5-6)8-12-9(10)13-14-8/h6-7,11H,2-5H2,1H3,(H2,10,13). The zero-order valence-electron chi connectivity index (χ0n) is 8.36.